The topological polar surface area (TPSA) is 21.3 Å². The second-order valence-corrected chi connectivity index (χ2v) is 6.24. The summed E-state index contributed by atoms with van der Waals surface area (Å²) in [5.74, 6) is -1.41. The molecule has 0 spiro atoms. The molecule has 2 aromatic rings. The fourth-order valence-corrected chi connectivity index (χ4v) is 3.25. The maximum absolute atomic E-state index is 13.7. The summed E-state index contributed by atoms with van der Waals surface area (Å²) in [6, 6.07) is 10.2. The minimum absolute atomic E-state index is 0.239. The Morgan fingerprint density at radius 3 is 2.42 bits per heavy atom. The van der Waals surface area contributed by atoms with Crippen LogP contribution in [0.3, 0.4) is 0 Å². The van der Waals surface area contributed by atoms with E-state index in [0.717, 1.165) is 24.5 Å². The second kappa shape index (κ2) is 7.36. The highest BCUT2D eigenvalue weighted by Gasteiger charge is 2.34. The third-order valence-corrected chi connectivity index (χ3v) is 4.68. The first-order chi connectivity index (χ1) is 11.6. The molecule has 0 amide bonds. The number of halogens is 3. The van der Waals surface area contributed by atoms with Gasteiger partial charge in [-0.2, -0.15) is 0 Å². The van der Waals surface area contributed by atoms with Crippen molar-refractivity contribution in [3.63, 3.8) is 0 Å². The maximum atomic E-state index is 13.7. The van der Waals surface area contributed by atoms with Gasteiger partial charge in [0, 0.05) is 43.3 Å². The summed E-state index contributed by atoms with van der Waals surface area (Å²) in [6.45, 7) is 2.10. The molecule has 3 rings (SSSR count). The summed E-state index contributed by atoms with van der Waals surface area (Å²) in [5.41, 5.74) is 1.10. The number of benzene rings is 2. The average Bonchev–Trinajstić information content (AvgIpc) is 2.58. The predicted octanol–water partition coefficient (Wildman–Crippen LogP) is 3.94. The Balaban J connectivity index is 1.73. The molecule has 128 valence electrons. The van der Waals surface area contributed by atoms with Gasteiger partial charge in [-0.15, -0.1) is 0 Å². The highest BCUT2D eigenvalue weighted by Crippen LogP contribution is 2.34. The molecule has 0 radical (unpaired) electrons. The molecule has 0 aromatic heterocycles. The monoisotopic (exact) mass is 335 g/mol. The van der Waals surface area contributed by atoms with E-state index >= 15 is 0 Å². The van der Waals surface area contributed by atoms with Crippen LogP contribution in [0.25, 0.3) is 0 Å². The fourth-order valence-electron chi connectivity index (χ4n) is 3.25. The van der Waals surface area contributed by atoms with Crippen molar-refractivity contribution in [3.05, 3.63) is 71.0 Å². The number of hydrogen-bond donors (Lipinski definition) is 1. The highest BCUT2D eigenvalue weighted by atomic mass is 19.1. The van der Waals surface area contributed by atoms with E-state index in [1.54, 1.807) is 12.1 Å². The van der Waals surface area contributed by atoms with Gasteiger partial charge in [0.2, 0.25) is 0 Å². The molecule has 0 atom stereocenters. The summed E-state index contributed by atoms with van der Waals surface area (Å²) in [4.78, 5) is 0. The Bertz CT molecular complexity index is 699. The van der Waals surface area contributed by atoms with Gasteiger partial charge in [-0.05, 0) is 36.6 Å². The first-order valence-electron chi connectivity index (χ1n) is 8.08. The van der Waals surface area contributed by atoms with Gasteiger partial charge in [-0.3, -0.25) is 0 Å². The number of rotatable bonds is 5. The Morgan fingerprint density at radius 1 is 0.958 bits per heavy atom. The van der Waals surface area contributed by atoms with Crippen molar-refractivity contribution in [1.82, 2.24) is 5.32 Å². The lowest BCUT2D eigenvalue weighted by Gasteiger charge is -2.38. The largest absolute Gasteiger partial charge is 0.381 e. The van der Waals surface area contributed by atoms with E-state index < -0.39 is 11.6 Å². The van der Waals surface area contributed by atoms with Crippen LogP contribution >= 0.6 is 0 Å². The Labute approximate surface area is 139 Å². The third kappa shape index (κ3) is 3.79. The van der Waals surface area contributed by atoms with E-state index in [-0.39, 0.29) is 11.2 Å². The van der Waals surface area contributed by atoms with Crippen molar-refractivity contribution in [2.45, 2.75) is 24.8 Å². The van der Waals surface area contributed by atoms with E-state index in [9.17, 15) is 13.2 Å². The normalized spacial score (nSPS) is 17.0. The molecular formula is C19H20F3NO. The number of nitrogens with one attached hydrogen (secondary N) is 1. The molecule has 1 aliphatic rings. The Kier molecular flexibility index (Phi) is 5.21. The standard InChI is InChI=1S/C19H20F3NO/c20-16-3-1-2-15(10-16)19(6-8-24-9-7-19)13-23-12-14-4-5-17(21)11-18(14)22/h1-5,10-11,23H,6-9,12-13H2. The molecule has 5 heteroatoms. The zero-order valence-electron chi connectivity index (χ0n) is 13.3. The molecule has 1 heterocycles. The zero-order valence-corrected chi connectivity index (χ0v) is 13.3. The molecule has 1 N–H and O–H groups in total. The van der Waals surface area contributed by atoms with Gasteiger partial charge in [0.05, 0.1) is 0 Å². The van der Waals surface area contributed by atoms with E-state index in [2.05, 4.69) is 5.32 Å². The highest BCUT2D eigenvalue weighted by molar-refractivity contribution is 5.28. The summed E-state index contributed by atoms with van der Waals surface area (Å²) < 4.78 is 45.8. The van der Waals surface area contributed by atoms with Gasteiger partial charge in [0.1, 0.15) is 17.5 Å². The van der Waals surface area contributed by atoms with Crippen LogP contribution in [0.5, 0.6) is 0 Å². The van der Waals surface area contributed by atoms with Gasteiger partial charge in [-0.1, -0.05) is 18.2 Å². The van der Waals surface area contributed by atoms with Crippen LogP contribution in [0.15, 0.2) is 42.5 Å². The summed E-state index contributed by atoms with van der Waals surface area (Å²) >= 11 is 0. The van der Waals surface area contributed by atoms with Crippen LogP contribution < -0.4 is 5.32 Å². The summed E-state index contributed by atoms with van der Waals surface area (Å²) in [6.07, 6.45) is 1.55. The molecule has 24 heavy (non-hydrogen) atoms. The molecule has 1 fully saturated rings. The van der Waals surface area contributed by atoms with Crippen LogP contribution in [0, 0.1) is 17.5 Å². The van der Waals surface area contributed by atoms with Gasteiger partial charge in [0.15, 0.2) is 0 Å². The van der Waals surface area contributed by atoms with E-state index in [0.29, 0.717) is 31.9 Å². The first kappa shape index (κ1) is 17.0. The smallest absolute Gasteiger partial charge is 0.130 e. The molecule has 0 saturated carbocycles. The van der Waals surface area contributed by atoms with Gasteiger partial charge in [0.25, 0.3) is 0 Å². The van der Waals surface area contributed by atoms with E-state index in [4.69, 9.17) is 4.74 Å². The Hall–Kier alpha value is -1.85. The second-order valence-electron chi connectivity index (χ2n) is 6.24. The SMILES string of the molecule is Fc1cccc(C2(CNCc3ccc(F)cc3F)CCOCC2)c1. The first-order valence-corrected chi connectivity index (χ1v) is 8.08. The van der Waals surface area contributed by atoms with Crippen LogP contribution in [0.4, 0.5) is 13.2 Å². The van der Waals surface area contributed by atoms with Gasteiger partial charge >= 0.3 is 0 Å². The molecule has 0 aliphatic carbocycles. The van der Waals surface area contributed by atoms with Crippen molar-refractivity contribution in [2.75, 3.05) is 19.8 Å². The minimum atomic E-state index is -0.586. The van der Waals surface area contributed by atoms with Crippen molar-refractivity contribution in [1.29, 1.82) is 0 Å². The quantitative estimate of drug-likeness (QED) is 0.894. The fraction of sp³-hybridized carbons (Fsp3) is 0.368. The third-order valence-electron chi connectivity index (χ3n) is 4.68. The van der Waals surface area contributed by atoms with Gasteiger partial charge in [-0.25, -0.2) is 13.2 Å². The van der Waals surface area contributed by atoms with Crippen LogP contribution in [0.2, 0.25) is 0 Å². The minimum Gasteiger partial charge on any atom is -0.381 e. The van der Waals surface area contributed by atoms with Crippen LogP contribution in [-0.2, 0) is 16.7 Å². The van der Waals surface area contributed by atoms with Crippen LogP contribution in [0.1, 0.15) is 24.0 Å². The van der Waals surface area contributed by atoms with Crippen molar-refractivity contribution >= 4 is 0 Å². The van der Waals surface area contributed by atoms with Crippen molar-refractivity contribution < 1.29 is 17.9 Å². The lowest BCUT2D eigenvalue weighted by molar-refractivity contribution is 0.0496. The van der Waals surface area contributed by atoms with Crippen LogP contribution in [-0.4, -0.2) is 19.8 Å². The lowest BCUT2D eigenvalue weighted by Crippen LogP contribution is -2.42. The summed E-state index contributed by atoms with van der Waals surface area (Å²) in [5, 5.41) is 3.25. The molecule has 2 nitrogen and oxygen atoms in total. The van der Waals surface area contributed by atoms with Gasteiger partial charge < -0.3 is 10.1 Å². The van der Waals surface area contributed by atoms with E-state index in [1.165, 1.54) is 18.2 Å². The zero-order chi connectivity index (χ0) is 17.0. The average molecular weight is 335 g/mol. The summed E-state index contributed by atoms with van der Waals surface area (Å²) in [7, 11) is 0. The predicted molar refractivity (Wildman–Crippen MR) is 86.2 cm³/mol. The van der Waals surface area contributed by atoms with E-state index in [1.807, 2.05) is 6.07 Å². The molecule has 0 unspecified atom stereocenters. The molecule has 2 aromatic carbocycles. The van der Waals surface area contributed by atoms with Crippen molar-refractivity contribution in [3.8, 4) is 0 Å². The molecular weight excluding hydrogens is 315 g/mol. The van der Waals surface area contributed by atoms with Crippen molar-refractivity contribution in [2.24, 2.45) is 0 Å². The molecule has 1 saturated heterocycles. The molecule has 1 aliphatic heterocycles. The number of hydrogen-bond acceptors (Lipinski definition) is 2. The number of ether oxygens (including phenoxy) is 1. The maximum Gasteiger partial charge on any atom is 0.130 e. The Morgan fingerprint density at radius 2 is 1.71 bits per heavy atom. The lowest BCUT2D eigenvalue weighted by atomic mass is 9.74. The molecule has 0 bridgehead atoms.